The molecule has 0 unspecified atom stereocenters. The zero-order valence-corrected chi connectivity index (χ0v) is 13.4. The number of primary amides is 1. The van der Waals surface area contributed by atoms with Crippen LogP contribution in [0.5, 0.6) is 11.5 Å². The standard InChI is InChI=1S/C19H17NO2S/c20-19(21)13-23-12-14-5-8-17(9-6-14)22-18-10-7-15-3-1-2-4-16(15)11-18/h1-11H,12-13H2,(H2,20,21). The molecule has 0 heterocycles. The number of benzene rings is 3. The molecule has 0 atom stereocenters. The van der Waals surface area contributed by atoms with Gasteiger partial charge in [0.2, 0.25) is 5.91 Å². The number of thioether (sulfide) groups is 1. The maximum atomic E-state index is 10.7. The number of carbonyl (C=O) groups is 1. The molecule has 4 heteroatoms. The summed E-state index contributed by atoms with van der Waals surface area (Å²) in [4.78, 5) is 10.7. The summed E-state index contributed by atoms with van der Waals surface area (Å²) < 4.78 is 5.90. The molecule has 0 aromatic heterocycles. The number of hydrogen-bond acceptors (Lipinski definition) is 3. The molecule has 0 fully saturated rings. The van der Waals surface area contributed by atoms with Gasteiger partial charge in [0.1, 0.15) is 11.5 Å². The van der Waals surface area contributed by atoms with Crippen LogP contribution in [0.1, 0.15) is 5.56 Å². The van der Waals surface area contributed by atoms with Crippen LogP contribution in [0.3, 0.4) is 0 Å². The van der Waals surface area contributed by atoms with Gasteiger partial charge in [-0.05, 0) is 40.6 Å². The molecular weight excluding hydrogens is 306 g/mol. The molecular formula is C19H17NO2S. The van der Waals surface area contributed by atoms with Gasteiger partial charge in [-0.2, -0.15) is 0 Å². The summed E-state index contributed by atoms with van der Waals surface area (Å²) in [6, 6.07) is 22.1. The highest BCUT2D eigenvalue weighted by molar-refractivity contribution is 7.99. The molecule has 23 heavy (non-hydrogen) atoms. The molecule has 0 aliphatic rings. The Hall–Kier alpha value is -2.46. The van der Waals surface area contributed by atoms with Crippen molar-refractivity contribution < 1.29 is 9.53 Å². The fourth-order valence-electron chi connectivity index (χ4n) is 2.29. The van der Waals surface area contributed by atoms with Crippen LogP contribution in [0.15, 0.2) is 66.7 Å². The SMILES string of the molecule is NC(=O)CSCc1ccc(Oc2ccc3ccccc3c2)cc1. The van der Waals surface area contributed by atoms with Gasteiger partial charge >= 0.3 is 0 Å². The molecule has 0 saturated heterocycles. The molecule has 3 nitrogen and oxygen atoms in total. The van der Waals surface area contributed by atoms with Crippen molar-refractivity contribution in [1.82, 2.24) is 0 Å². The number of rotatable bonds is 6. The Kier molecular flexibility index (Phi) is 4.83. The third-order valence-corrected chi connectivity index (χ3v) is 4.42. The largest absolute Gasteiger partial charge is 0.457 e. The molecule has 116 valence electrons. The van der Waals surface area contributed by atoms with Crippen molar-refractivity contribution in [3.05, 3.63) is 72.3 Å². The molecule has 3 aromatic rings. The average molecular weight is 323 g/mol. The van der Waals surface area contributed by atoms with Gasteiger partial charge in [-0.25, -0.2) is 0 Å². The highest BCUT2D eigenvalue weighted by Crippen LogP contribution is 2.26. The van der Waals surface area contributed by atoms with E-state index < -0.39 is 0 Å². The van der Waals surface area contributed by atoms with Crippen molar-refractivity contribution in [2.45, 2.75) is 5.75 Å². The van der Waals surface area contributed by atoms with E-state index in [0.29, 0.717) is 5.75 Å². The van der Waals surface area contributed by atoms with Crippen molar-refractivity contribution in [2.75, 3.05) is 5.75 Å². The number of fused-ring (bicyclic) bond motifs is 1. The minimum atomic E-state index is -0.286. The Morgan fingerprint density at radius 3 is 2.35 bits per heavy atom. The maximum Gasteiger partial charge on any atom is 0.227 e. The Morgan fingerprint density at radius 1 is 0.913 bits per heavy atom. The van der Waals surface area contributed by atoms with E-state index in [2.05, 4.69) is 18.2 Å². The second-order valence-electron chi connectivity index (χ2n) is 5.21. The molecule has 0 aliphatic carbocycles. The summed E-state index contributed by atoms with van der Waals surface area (Å²) in [5, 5.41) is 2.35. The van der Waals surface area contributed by atoms with Crippen LogP contribution in [0, 0.1) is 0 Å². The highest BCUT2D eigenvalue weighted by atomic mass is 32.2. The van der Waals surface area contributed by atoms with E-state index in [4.69, 9.17) is 10.5 Å². The average Bonchev–Trinajstić information content (AvgIpc) is 2.56. The van der Waals surface area contributed by atoms with Crippen LogP contribution in [-0.4, -0.2) is 11.7 Å². The van der Waals surface area contributed by atoms with Gasteiger partial charge in [0, 0.05) is 5.75 Å². The minimum Gasteiger partial charge on any atom is -0.457 e. The maximum absolute atomic E-state index is 10.7. The predicted molar refractivity (Wildman–Crippen MR) is 95.8 cm³/mol. The lowest BCUT2D eigenvalue weighted by molar-refractivity contribution is -0.115. The normalized spacial score (nSPS) is 10.6. The van der Waals surface area contributed by atoms with Crippen molar-refractivity contribution in [1.29, 1.82) is 0 Å². The van der Waals surface area contributed by atoms with E-state index in [-0.39, 0.29) is 5.91 Å². The van der Waals surface area contributed by atoms with Gasteiger partial charge in [0.25, 0.3) is 0 Å². The molecule has 0 saturated carbocycles. The molecule has 0 aliphatic heterocycles. The number of hydrogen-bond donors (Lipinski definition) is 1. The fraction of sp³-hybridized carbons (Fsp3) is 0.105. The van der Waals surface area contributed by atoms with Gasteiger partial charge in [-0.1, -0.05) is 42.5 Å². The first-order valence-corrected chi connectivity index (χ1v) is 8.48. The molecule has 1 amide bonds. The number of carbonyl (C=O) groups excluding carboxylic acids is 1. The quantitative estimate of drug-likeness (QED) is 0.733. The molecule has 2 N–H and O–H groups in total. The topological polar surface area (TPSA) is 52.3 Å². The highest BCUT2D eigenvalue weighted by Gasteiger charge is 2.01. The predicted octanol–water partition coefficient (Wildman–Crippen LogP) is 4.35. The van der Waals surface area contributed by atoms with Gasteiger partial charge < -0.3 is 10.5 Å². The third kappa shape index (κ3) is 4.27. The summed E-state index contributed by atoms with van der Waals surface area (Å²) in [7, 11) is 0. The minimum absolute atomic E-state index is 0.286. The third-order valence-electron chi connectivity index (χ3n) is 3.39. The van der Waals surface area contributed by atoms with Gasteiger partial charge in [0.05, 0.1) is 5.75 Å². The smallest absolute Gasteiger partial charge is 0.227 e. The number of ether oxygens (including phenoxy) is 1. The van der Waals surface area contributed by atoms with Crippen LogP contribution in [0.4, 0.5) is 0 Å². The summed E-state index contributed by atoms with van der Waals surface area (Å²) in [6.45, 7) is 0. The second-order valence-corrected chi connectivity index (χ2v) is 6.20. The van der Waals surface area contributed by atoms with Crippen LogP contribution in [0.2, 0.25) is 0 Å². The Labute approximate surface area is 139 Å². The zero-order chi connectivity index (χ0) is 16.1. The first-order valence-electron chi connectivity index (χ1n) is 7.32. The van der Waals surface area contributed by atoms with E-state index in [0.717, 1.165) is 28.2 Å². The Morgan fingerprint density at radius 2 is 1.61 bits per heavy atom. The summed E-state index contributed by atoms with van der Waals surface area (Å²) in [5.41, 5.74) is 6.27. The Balaban J connectivity index is 1.66. The van der Waals surface area contributed by atoms with Gasteiger partial charge in [-0.15, -0.1) is 11.8 Å². The first-order chi connectivity index (χ1) is 11.2. The van der Waals surface area contributed by atoms with Crippen LogP contribution < -0.4 is 10.5 Å². The zero-order valence-electron chi connectivity index (χ0n) is 12.6. The van der Waals surface area contributed by atoms with E-state index in [1.807, 2.05) is 48.5 Å². The van der Waals surface area contributed by atoms with Gasteiger partial charge in [-0.3, -0.25) is 4.79 Å². The second kappa shape index (κ2) is 7.20. The molecule has 3 aromatic carbocycles. The monoisotopic (exact) mass is 323 g/mol. The lowest BCUT2D eigenvalue weighted by Crippen LogP contribution is -2.13. The van der Waals surface area contributed by atoms with Crippen LogP contribution >= 0.6 is 11.8 Å². The van der Waals surface area contributed by atoms with Gasteiger partial charge in [0.15, 0.2) is 0 Å². The van der Waals surface area contributed by atoms with E-state index in [1.54, 1.807) is 0 Å². The molecule has 0 bridgehead atoms. The van der Waals surface area contributed by atoms with Crippen LogP contribution in [-0.2, 0) is 10.5 Å². The van der Waals surface area contributed by atoms with E-state index >= 15 is 0 Å². The molecule has 0 radical (unpaired) electrons. The summed E-state index contributed by atoms with van der Waals surface area (Å²) in [5.74, 6) is 2.43. The lowest BCUT2D eigenvalue weighted by atomic mass is 10.1. The molecule has 0 spiro atoms. The van der Waals surface area contributed by atoms with E-state index in [1.165, 1.54) is 17.1 Å². The fourth-order valence-corrected chi connectivity index (χ4v) is 3.02. The first kappa shape index (κ1) is 15.4. The summed E-state index contributed by atoms with van der Waals surface area (Å²) >= 11 is 1.51. The summed E-state index contributed by atoms with van der Waals surface area (Å²) in [6.07, 6.45) is 0. The number of nitrogens with two attached hydrogens (primary N) is 1. The van der Waals surface area contributed by atoms with Crippen LogP contribution in [0.25, 0.3) is 10.8 Å². The lowest BCUT2D eigenvalue weighted by Gasteiger charge is -2.08. The van der Waals surface area contributed by atoms with Crippen molar-refractivity contribution in [3.63, 3.8) is 0 Å². The number of amides is 1. The van der Waals surface area contributed by atoms with Crippen molar-refractivity contribution >= 4 is 28.4 Å². The van der Waals surface area contributed by atoms with Crippen molar-refractivity contribution in [2.24, 2.45) is 5.73 Å². The molecule has 3 rings (SSSR count). The van der Waals surface area contributed by atoms with E-state index in [9.17, 15) is 4.79 Å². The Bertz CT molecular complexity index is 815. The van der Waals surface area contributed by atoms with Crippen molar-refractivity contribution in [3.8, 4) is 11.5 Å².